The minimum absolute atomic E-state index is 0.155. The summed E-state index contributed by atoms with van der Waals surface area (Å²) in [7, 11) is 1.42. The molecule has 150 valence electrons. The summed E-state index contributed by atoms with van der Waals surface area (Å²) in [6.45, 7) is 6.03. The summed E-state index contributed by atoms with van der Waals surface area (Å²) < 4.78 is 16.3. The maximum absolute atomic E-state index is 11.0. The number of benzene rings is 1. The van der Waals surface area contributed by atoms with Gasteiger partial charge in [0.25, 0.3) is 0 Å². The molecule has 1 aromatic carbocycles. The van der Waals surface area contributed by atoms with Crippen LogP contribution in [0.15, 0.2) is 12.1 Å². The van der Waals surface area contributed by atoms with E-state index in [4.69, 9.17) is 21.7 Å². The molecule has 0 bridgehead atoms. The molecule has 2 rings (SSSR count). The van der Waals surface area contributed by atoms with E-state index >= 15 is 0 Å². The quantitative estimate of drug-likeness (QED) is 0.359. The average molecular weight is 395 g/mol. The van der Waals surface area contributed by atoms with E-state index in [0.717, 1.165) is 49.3 Å². The van der Waals surface area contributed by atoms with E-state index in [0.29, 0.717) is 24.7 Å². The zero-order valence-electron chi connectivity index (χ0n) is 16.4. The van der Waals surface area contributed by atoms with Crippen LogP contribution in [0.2, 0.25) is 0 Å². The van der Waals surface area contributed by atoms with Crippen LogP contribution in [0.5, 0.6) is 11.5 Å². The number of methoxy groups -OCH3 is 1. The van der Waals surface area contributed by atoms with E-state index < -0.39 is 0 Å². The van der Waals surface area contributed by atoms with Crippen LogP contribution in [-0.2, 0) is 22.5 Å². The van der Waals surface area contributed by atoms with Crippen LogP contribution in [0.3, 0.4) is 0 Å². The molecule has 0 unspecified atom stereocenters. The summed E-state index contributed by atoms with van der Waals surface area (Å²) in [6, 6.07) is 4.13. The highest BCUT2D eigenvalue weighted by atomic mass is 32.1. The molecule has 6 nitrogen and oxygen atoms in total. The molecular formula is C20H30N2O4S. The van der Waals surface area contributed by atoms with E-state index in [1.54, 1.807) is 0 Å². The van der Waals surface area contributed by atoms with Crippen molar-refractivity contribution >= 4 is 23.3 Å². The first-order chi connectivity index (χ1) is 13.0. The van der Waals surface area contributed by atoms with Crippen molar-refractivity contribution in [2.24, 2.45) is 0 Å². The van der Waals surface area contributed by atoms with Gasteiger partial charge in [-0.1, -0.05) is 6.42 Å². The van der Waals surface area contributed by atoms with Gasteiger partial charge in [0.05, 0.1) is 13.7 Å². The molecule has 1 aromatic rings. The number of carbonyl (C=O) groups excluding carboxylic acids is 1. The monoisotopic (exact) mass is 394 g/mol. The van der Waals surface area contributed by atoms with Gasteiger partial charge >= 0.3 is 5.97 Å². The lowest BCUT2D eigenvalue weighted by molar-refractivity contribution is -0.140. The lowest BCUT2D eigenvalue weighted by Gasteiger charge is -2.15. The third-order valence-electron chi connectivity index (χ3n) is 4.39. The number of fused-ring (bicyclic) bond motifs is 1. The van der Waals surface area contributed by atoms with Gasteiger partial charge in [-0.05, 0) is 51.0 Å². The second kappa shape index (κ2) is 11.0. The number of thiocarbonyl (C=S) groups is 1. The Morgan fingerprint density at radius 1 is 1.30 bits per heavy atom. The summed E-state index contributed by atoms with van der Waals surface area (Å²) in [5.41, 5.74) is 2.23. The van der Waals surface area contributed by atoms with Crippen LogP contribution in [0, 0.1) is 0 Å². The van der Waals surface area contributed by atoms with E-state index in [2.05, 4.69) is 28.4 Å². The van der Waals surface area contributed by atoms with Crippen LogP contribution in [0.1, 0.15) is 50.7 Å². The Labute approximate surface area is 166 Å². The Morgan fingerprint density at radius 3 is 2.85 bits per heavy atom. The van der Waals surface area contributed by atoms with Gasteiger partial charge in [0.15, 0.2) is 5.11 Å². The van der Waals surface area contributed by atoms with Crippen molar-refractivity contribution in [3.05, 3.63) is 23.3 Å². The number of hydrogen-bond donors (Lipinski definition) is 2. The normalized spacial score (nSPS) is 14.9. The molecule has 0 aliphatic carbocycles. The molecule has 0 saturated heterocycles. The molecule has 1 aliphatic heterocycles. The molecule has 1 heterocycles. The number of carbonyl (C=O) groups is 1. The van der Waals surface area contributed by atoms with Gasteiger partial charge in [0.2, 0.25) is 0 Å². The predicted octanol–water partition coefficient (Wildman–Crippen LogP) is 3.11. The fourth-order valence-corrected chi connectivity index (χ4v) is 3.20. The summed E-state index contributed by atoms with van der Waals surface area (Å²) in [4.78, 5) is 11.0. The van der Waals surface area contributed by atoms with Crippen molar-refractivity contribution in [2.45, 2.75) is 58.6 Å². The van der Waals surface area contributed by atoms with Gasteiger partial charge < -0.3 is 24.8 Å². The molecule has 2 N–H and O–H groups in total. The van der Waals surface area contributed by atoms with Crippen molar-refractivity contribution in [3.63, 3.8) is 0 Å². The van der Waals surface area contributed by atoms with E-state index in [1.807, 2.05) is 13.0 Å². The van der Waals surface area contributed by atoms with Gasteiger partial charge in [-0.15, -0.1) is 0 Å². The zero-order chi connectivity index (χ0) is 19.6. The minimum Gasteiger partial charge on any atom is -0.494 e. The number of unbranched alkanes of at least 4 members (excludes halogenated alkanes) is 2. The summed E-state index contributed by atoms with van der Waals surface area (Å²) in [5.74, 6) is 1.66. The van der Waals surface area contributed by atoms with Gasteiger partial charge in [-0.3, -0.25) is 4.79 Å². The molecule has 0 spiro atoms. The highest BCUT2D eigenvalue weighted by molar-refractivity contribution is 7.80. The van der Waals surface area contributed by atoms with E-state index in [9.17, 15) is 4.79 Å². The van der Waals surface area contributed by atoms with Crippen LogP contribution < -0.4 is 20.1 Å². The van der Waals surface area contributed by atoms with Crippen molar-refractivity contribution in [1.82, 2.24) is 10.6 Å². The highest BCUT2D eigenvalue weighted by Crippen LogP contribution is 2.35. The van der Waals surface area contributed by atoms with Gasteiger partial charge in [0, 0.05) is 37.1 Å². The smallest absolute Gasteiger partial charge is 0.305 e. The van der Waals surface area contributed by atoms with Crippen molar-refractivity contribution in [1.29, 1.82) is 0 Å². The lowest BCUT2D eigenvalue weighted by Crippen LogP contribution is -2.35. The maximum Gasteiger partial charge on any atom is 0.305 e. The Bertz CT molecular complexity index is 651. The second-order valence-corrected chi connectivity index (χ2v) is 7.04. The Balaban J connectivity index is 1.74. The first kappa shape index (κ1) is 21.3. The Kier molecular flexibility index (Phi) is 8.64. The van der Waals surface area contributed by atoms with E-state index in [-0.39, 0.29) is 12.1 Å². The van der Waals surface area contributed by atoms with Gasteiger partial charge in [-0.2, -0.15) is 0 Å². The fourth-order valence-electron chi connectivity index (χ4n) is 3.02. The largest absolute Gasteiger partial charge is 0.494 e. The first-order valence-corrected chi connectivity index (χ1v) is 9.98. The van der Waals surface area contributed by atoms with Crippen LogP contribution in [0.4, 0.5) is 0 Å². The maximum atomic E-state index is 11.0. The molecule has 0 radical (unpaired) electrons. The lowest BCUT2D eigenvalue weighted by atomic mass is 10.1. The standard InChI is InChI=1S/C20H30N2O4S/c1-4-25-17-11-15-10-14(2)26-18(15)12-16(17)13-22-20(27)21-9-7-5-6-8-19(23)24-3/h11-12,14H,4-10,13H2,1-3H3,(H2,21,22,27)/t14-/m0/s1. The summed E-state index contributed by atoms with van der Waals surface area (Å²) in [6.07, 6.45) is 4.34. The third-order valence-corrected chi connectivity index (χ3v) is 4.68. The van der Waals surface area contributed by atoms with Crippen molar-refractivity contribution < 1.29 is 19.0 Å². The topological polar surface area (TPSA) is 68.8 Å². The number of rotatable bonds is 10. The van der Waals surface area contributed by atoms with Crippen LogP contribution >= 0.6 is 12.2 Å². The minimum atomic E-state index is -0.155. The van der Waals surface area contributed by atoms with Crippen molar-refractivity contribution in [2.75, 3.05) is 20.3 Å². The zero-order valence-corrected chi connectivity index (χ0v) is 17.2. The molecular weight excluding hydrogens is 364 g/mol. The molecule has 0 amide bonds. The predicted molar refractivity (Wildman–Crippen MR) is 109 cm³/mol. The van der Waals surface area contributed by atoms with Gasteiger partial charge in [0.1, 0.15) is 17.6 Å². The number of esters is 1. The molecule has 1 atom stereocenters. The average Bonchev–Trinajstić information content (AvgIpc) is 3.01. The molecule has 0 aromatic heterocycles. The SMILES string of the molecule is CCOc1cc2c(cc1CNC(=S)NCCCCCC(=O)OC)O[C@@H](C)C2. The van der Waals surface area contributed by atoms with Gasteiger partial charge in [-0.25, -0.2) is 0 Å². The summed E-state index contributed by atoms with van der Waals surface area (Å²) >= 11 is 5.35. The number of nitrogens with one attached hydrogen (secondary N) is 2. The first-order valence-electron chi connectivity index (χ1n) is 9.57. The summed E-state index contributed by atoms with van der Waals surface area (Å²) in [5, 5.41) is 7.04. The second-order valence-electron chi connectivity index (χ2n) is 6.63. The molecule has 7 heteroatoms. The third kappa shape index (κ3) is 6.90. The fraction of sp³-hybridized carbons (Fsp3) is 0.600. The van der Waals surface area contributed by atoms with Crippen molar-refractivity contribution in [3.8, 4) is 11.5 Å². The molecule has 0 fully saturated rings. The number of hydrogen-bond acceptors (Lipinski definition) is 5. The number of ether oxygens (including phenoxy) is 3. The van der Waals surface area contributed by atoms with Crippen LogP contribution in [0.25, 0.3) is 0 Å². The van der Waals surface area contributed by atoms with E-state index in [1.165, 1.54) is 12.7 Å². The van der Waals surface area contributed by atoms with Crippen LogP contribution in [-0.4, -0.2) is 37.4 Å². The Hall–Kier alpha value is -2.02. The molecule has 1 aliphatic rings. The molecule has 27 heavy (non-hydrogen) atoms. The molecule has 0 saturated carbocycles. The highest BCUT2D eigenvalue weighted by Gasteiger charge is 2.21. The Morgan fingerprint density at radius 2 is 2.11 bits per heavy atom.